The number of carbonyl (C=O) groups is 1. The molecule has 0 radical (unpaired) electrons. The molecule has 2 rings (SSSR count). The number of thiophene rings is 1. The van der Waals surface area contributed by atoms with Gasteiger partial charge >= 0.3 is 0 Å². The summed E-state index contributed by atoms with van der Waals surface area (Å²) in [4.78, 5) is 12.8. The second-order valence-corrected chi connectivity index (χ2v) is 6.03. The van der Waals surface area contributed by atoms with Crippen molar-refractivity contribution in [2.75, 3.05) is 19.7 Å². The number of amides is 1. The lowest BCUT2D eigenvalue weighted by molar-refractivity contribution is -0.134. The Morgan fingerprint density at radius 3 is 3.19 bits per heavy atom. The topological polar surface area (TPSA) is 50.4 Å². The van der Waals surface area contributed by atoms with Crippen molar-refractivity contribution in [3.8, 4) is 0 Å². The Morgan fingerprint density at radius 1 is 1.69 bits per heavy atom. The zero-order valence-electron chi connectivity index (χ0n) is 8.66. The summed E-state index contributed by atoms with van der Waals surface area (Å²) in [6, 6.07) is 3.97. The largest absolute Gasteiger partial charge is 0.366 e. The Kier molecular flexibility index (Phi) is 4.34. The van der Waals surface area contributed by atoms with Crippen LogP contribution in [0.25, 0.3) is 0 Å². The van der Waals surface area contributed by atoms with E-state index < -0.39 is 0 Å². The fourth-order valence-electron chi connectivity index (χ4n) is 1.47. The summed E-state index contributed by atoms with van der Waals surface area (Å²) < 4.78 is 6.43. The maximum absolute atomic E-state index is 11.7. The van der Waals surface area contributed by atoms with E-state index in [1.807, 2.05) is 12.1 Å². The maximum Gasteiger partial charge on any atom is 0.250 e. The summed E-state index contributed by atoms with van der Waals surface area (Å²) in [6.45, 7) is 2.58. The minimum atomic E-state index is -0.350. The Labute approximate surface area is 106 Å². The first-order valence-corrected chi connectivity index (χ1v) is 6.71. The van der Waals surface area contributed by atoms with Gasteiger partial charge in [-0.2, -0.15) is 0 Å². The van der Waals surface area contributed by atoms with Gasteiger partial charge in [0, 0.05) is 18.0 Å². The smallest absolute Gasteiger partial charge is 0.250 e. The molecule has 88 valence electrons. The number of hydrogen-bond donors (Lipinski definition) is 2. The van der Waals surface area contributed by atoms with Gasteiger partial charge in [-0.3, -0.25) is 4.79 Å². The number of ether oxygens (including phenoxy) is 1. The summed E-state index contributed by atoms with van der Waals surface area (Å²) in [7, 11) is 0. The zero-order valence-corrected chi connectivity index (χ0v) is 11.1. The summed E-state index contributed by atoms with van der Waals surface area (Å²) in [6.07, 6.45) is -0.350. The lowest BCUT2D eigenvalue weighted by atomic mass is 10.3. The molecule has 1 fully saturated rings. The van der Waals surface area contributed by atoms with Gasteiger partial charge in [0.25, 0.3) is 5.91 Å². The standard InChI is InChI=1S/C10H13BrN2O2S/c11-9-2-1-7(16-9)5-13-10(14)8-6-12-3-4-15-8/h1-2,8,12H,3-6H2,(H,13,14). The Hall–Kier alpha value is -0.430. The molecule has 16 heavy (non-hydrogen) atoms. The monoisotopic (exact) mass is 304 g/mol. The van der Waals surface area contributed by atoms with Gasteiger partial charge in [0.15, 0.2) is 0 Å². The van der Waals surface area contributed by atoms with Crippen LogP contribution in [0.15, 0.2) is 15.9 Å². The molecule has 6 heteroatoms. The average Bonchev–Trinajstić information content (AvgIpc) is 2.73. The number of rotatable bonds is 3. The lowest BCUT2D eigenvalue weighted by Crippen LogP contribution is -2.47. The van der Waals surface area contributed by atoms with E-state index in [4.69, 9.17) is 4.74 Å². The number of carbonyl (C=O) groups excluding carboxylic acids is 1. The summed E-state index contributed by atoms with van der Waals surface area (Å²) in [5.74, 6) is -0.0447. The van der Waals surface area contributed by atoms with Crippen LogP contribution in [-0.2, 0) is 16.1 Å². The van der Waals surface area contributed by atoms with Gasteiger partial charge in [0.2, 0.25) is 0 Å². The van der Waals surface area contributed by atoms with Crippen LogP contribution < -0.4 is 10.6 Å². The SMILES string of the molecule is O=C(NCc1ccc(Br)s1)C1CNCCO1. The number of nitrogens with one attached hydrogen (secondary N) is 2. The molecule has 0 spiro atoms. The van der Waals surface area contributed by atoms with Gasteiger partial charge in [-0.15, -0.1) is 11.3 Å². The Bertz CT molecular complexity index is 363. The van der Waals surface area contributed by atoms with Crippen molar-refractivity contribution in [3.05, 3.63) is 20.8 Å². The van der Waals surface area contributed by atoms with E-state index in [9.17, 15) is 4.79 Å². The van der Waals surface area contributed by atoms with E-state index in [1.54, 1.807) is 11.3 Å². The van der Waals surface area contributed by atoms with Gasteiger partial charge in [-0.05, 0) is 28.1 Å². The van der Waals surface area contributed by atoms with E-state index in [2.05, 4.69) is 26.6 Å². The molecule has 1 atom stereocenters. The van der Waals surface area contributed by atoms with E-state index in [0.29, 0.717) is 19.7 Å². The second-order valence-electron chi connectivity index (χ2n) is 3.49. The Balaban J connectivity index is 1.78. The van der Waals surface area contributed by atoms with Gasteiger partial charge in [-0.25, -0.2) is 0 Å². The average molecular weight is 305 g/mol. The van der Waals surface area contributed by atoms with Crippen LogP contribution in [-0.4, -0.2) is 31.7 Å². The predicted molar refractivity (Wildman–Crippen MR) is 66.5 cm³/mol. The summed E-state index contributed by atoms with van der Waals surface area (Å²) in [5.41, 5.74) is 0. The van der Waals surface area contributed by atoms with E-state index in [-0.39, 0.29) is 12.0 Å². The first-order valence-electron chi connectivity index (χ1n) is 5.10. The maximum atomic E-state index is 11.7. The second kappa shape index (κ2) is 5.77. The molecule has 1 aliphatic heterocycles. The van der Waals surface area contributed by atoms with Crippen molar-refractivity contribution in [1.29, 1.82) is 0 Å². The highest BCUT2D eigenvalue weighted by atomic mass is 79.9. The molecule has 4 nitrogen and oxygen atoms in total. The predicted octanol–water partition coefficient (Wildman–Crippen LogP) is 1.12. The molecule has 1 amide bonds. The summed E-state index contributed by atoms with van der Waals surface area (Å²) >= 11 is 5.01. The third-order valence-electron chi connectivity index (χ3n) is 2.29. The van der Waals surface area contributed by atoms with E-state index >= 15 is 0 Å². The minimum absolute atomic E-state index is 0.0447. The molecule has 2 N–H and O–H groups in total. The molecule has 0 bridgehead atoms. The van der Waals surface area contributed by atoms with Crippen LogP contribution in [0.2, 0.25) is 0 Å². The molecule has 0 aromatic carbocycles. The van der Waals surface area contributed by atoms with Crippen LogP contribution >= 0.6 is 27.3 Å². The minimum Gasteiger partial charge on any atom is -0.366 e. The molecule has 1 aromatic heterocycles. The van der Waals surface area contributed by atoms with Gasteiger partial charge in [-0.1, -0.05) is 0 Å². The highest BCUT2D eigenvalue weighted by Crippen LogP contribution is 2.21. The fraction of sp³-hybridized carbons (Fsp3) is 0.500. The van der Waals surface area contributed by atoms with E-state index in [0.717, 1.165) is 15.2 Å². The number of halogens is 1. The van der Waals surface area contributed by atoms with Gasteiger partial charge in [0.05, 0.1) is 16.9 Å². The van der Waals surface area contributed by atoms with Crippen LogP contribution in [0.1, 0.15) is 4.88 Å². The van der Waals surface area contributed by atoms with Crippen molar-refractivity contribution >= 4 is 33.2 Å². The van der Waals surface area contributed by atoms with Crippen molar-refractivity contribution in [1.82, 2.24) is 10.6 Å². The number of morpholine rings is 1. The van der Waals surface area contributed by atoms with Crippen LogP contribution in [0, 0.1) is 0 Å². The van der Waals surface area contributed by atoms with Crippen molar-refractivity contribution in [2.45, 2.75) is 12.6 Å². The summed E-state index contributed by atoms with van der Waals surface area (Å²) in [5, 5.41) is 5.99. The molecule has 0 aliphatic carbocycles. The molecule has 1 unspecified atom stereocenters. The zero-order chi connectivity index (χ0) is 11.4. The highest BCUT2D eigenvalue weighted by molar-refractivity contribution is 9.11. The van der Waals surface area contributed by atoms with Crippen LogP contribution in [0.5, 0.6) is 0 Å². The van der Waals surface area contributed by atoms with Crippen LogP contribution in [0.3, 0.4) is 0 Å². The molecule has 1 aromatic rings. The molecular formula is C10H13BrN2O2S. The first kappa shape index (κ1) is 12.0. The number of hydrogen-bond acceptors (Lipinski definition) is 4. The van der Waals surface area contributed by atoms with Crippen molar-refractivity contribution < 1.29 is 9.53 Å². The quantitative estimate of drug-likeness (QED) is 0.880. The van der Waals surface area contributed by atoms with Crippen molar-refractivity contribution in [2.24, 2.45) is 0 Å². The third-order valence-corrected chi connectivity index (χ3v) is 3.91. The normalized spacial score (nSPS) is 20.7. The lowest BCUT2D eigenvalue weighted by Gasteiger charge is -2.22. The highest BCUT2D eigenvalue weighted by Gasteiger charge is 2.21. The molecule has 0 saturated carbocycles. The first-order chi connectivity index (χ1) is 7.75. The third kappa shape index (κ3) is 3.28. The molecule has 1 saturated heterocycles. The van der Waals surface area contributed by atoms with Crippen LogP contribution in [0.4, 0.5) is 0 Å². The van der Waals surface area contributed by atoms with E-state index in [1.165, 1.54) is 0 Å². The Morgan fingerprint density at radius 2 is 2.56 bits per heavy atom. The molecular weight excluding hydrogens is 292 g/mol. The van der Waals surface area contributed by atoms with Crippen molar-refractivity contribution in [3.63, 3.8) is 0 Å². The molecule has 2 heterocycles. The molecule has 1 aliphatic rings. The fourth-order valence-corrected chi connectivity index (χ4v) is 2.89. The van der Waals surface area contributed by atoms with Gasteiger partial charge < -0.3 is 15.4 Å². The van der Waals surface area contributed by atoms with Gasteiger partial charge in [0.1, 0.15) is 6.10 Å².